The molecule has 0 radical (unpaired) electrons. The van der Waals surface area contributed by atoms with Gasteiger partial charge in [0.15, 0.2) is 0 Å². The molecule has 0 amide bonds. The first-order valence-corrected chi connectivity index (χ1v) is 7.49. The van der Waals surface area contributed by atoms with Gasteiger partial charge in [-0.2, -0.15) is 10.2 Å². The van der Waals surface area contributed by atoms with Gasteiger partial charge in [0.05, 0.1) is 17.0 Å². The second-order valence-electron chi connectivity index (χ2n) is 5.07. The second kappa shape index (κ2) is 4.50. The zero-order valence-electron chi connectivity index (χ0n) is 11.0. The third kappa shape index (κ3) is 2.03. The number of nitrogens with zero attached hydrogens (tertiary/aromatic N) is 4. The lowest BCUT2D eigenvalue weighted by Gasteiger charge is -2.05. The maximum atomic E-state index is 9.21. The Bertz CT molecular complexity index is 810. The lowest BCUT2D eigenvalue weighted by Crippen LogP contribution is -2.01. The molecule has 21 heavy (non-hydrogen) atoms. The molecule has 2 heterocycles. The van der Waals surface area contributed by atoms with E-state index in [0.29, 0.717) is 17.4 Å². The van der Waals surface area contributed by atoms with Gasteiger partial charge in [-0.1, -0.05) is 17.3 Å². The summed E-state index contributed by atoms with van der Waals surface area (Å²) < 4.78 is 5.28. The van der Waals surface area contributed by atoms with Gasteiger partial charge >= 0.3 is 0 Å². The Balaban J connectivity index is 1.64. The fourth-order valence-electron chi connectivity index (χ4n) is 2.29. The molecule has 5 nitrogen and oxygen atoms in total. The number of rotatable bonds is 3. The largest absolute Gasteiger partial charge is 0.334 e. The molecule has 0 spiro atoms. The van der Waals surface area contributed by atoms with Gasteiger partial charge in [-0.3, -0.25) is 0 Å². The molecule has 0 aliphatic heterocycles. The van der Waals surface area contributed by atoms with Gasteiger partial charge in [-0.15, -0.1) is 11.3 Å². The first-order chi connectivity index (χ1) is 10.3. The molecular weight excluding hydrogens is 284 g/mol. The first kappa shape index (κ1) is 12.2. The lowest BCUT2D eigenvalue weighted by atomic mass is 9.97. The zero-order chi connectivity index (χ0) is 14.3. The minimum atomic E-state index is -0.265. The zero-order valence-corrected chi connectivity index (χ0v) is 11.8. The van der Waals surface area contributed by atoms with Crippen molar-refractivity contribution in [3.05, 3.63) is 40.7 Å². The highest BCUT2D eigenvalue weighted by atomic mass is 32.1. The Labute approximate surface area is 124 Å². The van der Waals surface area contributed by atoms with Gasteiger partial charge in [-0.25, -0.2) is 4.98 Å². The Morgan fingerprint density at radius 2 is 2.05 bits per heavy atom. The van der Waals surface area contributed by atoms with Crippen molar-refractivity contribution >= 4 is 11.3 Å². The summed E-state index contributed by atoms with van der Waals surface area (Å²) in [7, 11) is 0. The van der Waals surface area contributed by atoms with Gasteiger partial charge in [-0.05, 0) is 30.5 Å². The van der Waals surface area contributed by atoms with Crippen LogP contribution in [0.3, 0.4) is 0 Å². The summed E-state index contributed by atoms with van der Waals surface area (Å²) >= 11 is 1.49. The quantitative estimate of drug-likeness (QED) is 0.739. The molecule has 0 N–H and O–H groups in total. The van der Waals surface area contributed by atoms with E-state index >= 15 is 0 Å². The highest BCUT2D eigenvalue weighted by molar-refractivity contribution is 7.07. The van der Waals surface area contributed by atoms with Crippen molar-refractivity contribution < 1.29 is 4.52 Å². The number of benzene rings is 1. The molecular formula is C15H10N4OS. The van der Waals surface area contributed by atoms with Crippen LogP contribution in [0.1, 0.15) is 18.4 Å². The summed E-state index contributed by atoms with van der Waals surface area (Å²) in [6.07, 6.45) is 1.88. The maximum Gasteiger partial charge on any atom is 0.258 e. The van der Waals surface area contributed by atoms with Crippen LogP contribution in [0.2, 0.25) is 0 Å². The molecule has 0 saturated heterocycles. The molecule has 1 aromatic carbocycles. The fraction of sp³-hybridized carbons (Fsp3) is 0.200. The normalized spacial score (nSPS) is 15.6. The summed E-state index contributed by atoms with van der Waals surface area (Å²) in [5, 5.41) is 15.0. The number of nitriles is 1. The SMILES string of the molecule is N#CC1(c2ccc(-c3nc(-c4cscn4)no3)cc2)CC1. The molecule has 0 atom stereocenters. The Kier molecular flexibility index (Phi) is 2.62. The predicted octanol–water partition coefficient (Wildman–Crippen LogP) is 3.42. The van der Waals surface area contributed by atoms with Crippen LogP contribution in [-0.4, -0.2) is 15.1 Å². The van der Waals surface area contributed by atoms with E-state index in [1.54, 1.807) is 5.51 Å². The van der Waals surface area contributed by atoms with Crippen LogP contribution in [0.5, 0.6) is 0 Å². The van der Waals surface area contributed by atoms with Crippen LogP contribution < -0.4 is 0 Å². The highest BCUT2D eigenvalue weighted by Gasteiger charge is 2.44. The van der Waals surface area contributed by atoms with E-state index in [9.17, 15) is 5.26 Å². The van der Waals surface area contributed by atoms with Crippen molar-refractivity contribution in [2.75, 3.05) is 0 Å². The van der Waals surface area contributed by atoms with Crippen molar-refractivity contribution in [3.8, 4) is 29.0 Å². The van der Waals surface area contributed by atoms with Gasteiger partial charge in [0.25, 0.3) is 5.89 Å². The Morgan fingerprint density at radius 3 is 2.67 bits per heavy atom. The van der Waals surface area contributed by atoms with Crippen LogP contribution in [0, 0.1) is 11.3 Å². The lowest BCUT2D eigenvalue weighted by molar-refractivity contribution is 0.432. The number of hydrogen-bond donors (Lipinski definition) is 0. The topological polar surface area (TPSA) is 75.6 Å². The van der Waals surface area contributed by atoms with E-state index in [1.807, 2.05) is 29.6 Å². The molecule has 0 bridgehead atoms. The van der Waals surface area contributed by atoms with Gasteiger partial charge < -0.3 is 4.52 Å². The minimum Gasteiger partial charge on any atom is -0.334 e. The summed E-state index contributed by atoms with van der Waals surface area (Å²) in [5.74, 6) is 0.956. The van der Waals surface area contributed by atoms with E-state index in [4.69, 9.17) is 4.52 Å². The molecule has 2 aromatic heterocycles. The Hall–Kier alpha value is -2.52. The third-order valence-corrected chi connectivity index (χ3v) is 4.32. The van der Waals surface area contributed by atoms with Gasteiger partial charge in [0, 0.05) is 10.9 Å². The number of aromatic nitrogens is 3. The average Bonchev–Trinajstić information content (AvgIpc) is 2.94. The summed E-state index contributed by atoms with van der Waals surface area (Å²) in [6.45, 7) is 0. The van der Waals surface area contributed by atoms with Crippen LogP contribution >= 0.6 is 11.3 Å². The minimum absolute atomic E-state index is 0.265. The number of hydrogen-bond acceptors (Lipinski definition) is 6. The van der Waals surface area contributed by atoms with E-state index < -0.39 is 0 Å². The van der Waals surface area contributed by atoms with Crippen molar-refractivity contribution in [1.82, 2.24) is 15.1 Å². The smallest absolute Gasteiger partial charge is 0.258 e. The van der Waals surface area contributed by atoms with Gasteiger partial charge in [0.1, 0.15) is 5.69 Å². The van der Waals surface area contributed by atoms with Crippen LogP contribution in [0.25, 0.3) is 23.0 Å². The highest BCUT2D eigenvalue weighted by Crippen LogP contribution is 2.47. The molecule has 1 aliphatic carbocycles. The summed E-state index contributed by atoms with van der Waals surface area (Å²) in [5.41, 5.74) is 4.10. The molecule has 3 aromatic rings. The summed E-state index contributed by atoms with van der Waals surface area (Å²) in [6, 6.07) is 10.2. The van der Waals surface area contributed by atoms with Crippen LogP contribution in [-0.2, 0) is 5.41 Å². The molecule has 0 unspecified atom stereocenters. The third-order valence-electron chi connectivity index (χ3n) is 3.74. The van der Waals surface area contributed by atoms with E-state index in [-0.39, 0.29) is 5.41 Å². The van der Waals surface area contributed by atoms with Gasteiger partial charge in [0.2, 0.25) is 5.82 Å². The first-order valence-electron chi connectivity index (χ1n) is 6.55. The summed E-state index contributed by atoms with van der Waals surface area (Å²) in [4.78, 5) is 8.51. The van der Waals surface area contributed by atoms with Crippen molar-refractivity contribution in [2.45, 2.75) is 18.3 Å². The average molecular weight is 294 g/mol. The van der Waals surface area contributed by atoms with E-state index in [0.717, 1.165) is 24.0 Å². The standard InChI is InChI=1S/C15H10N4OS/c16-8-15(5-6-15)11-3-1-10(2-4-11)14-18-13(19-20-14)12-7-21-9-17-12/h1-4,7,9H,5-6H2. The van der Waals surface area contributed by atoms with Crippen LogP contribution in [0.4, 0.5) is 0 Å². The van der Waals surface area contributed by atoms with Crippen molar-refractivity contribution in [1.29, 1.82) is 5.26 Å². The van der Waals surface area contributed by atoms with Crippen LogP contribution in [0.15, 0.2) is 39.7 Å². The Morgan fingerprint density at radius 1 is 1.24 bits per heavy atom. The fourth-order valence-corrected chi connectivity index (χ4v) is 2.82. The monoisotopic (exact) mass is 294 g/mol. The number of thiazole rings is 1. The maximum absolute atomic E-state index is 9.21. The molecule has 1 aliphatic rings. The predicted molar refractivity (Wildman–Crippen MR) is 77.4 cm³/mol. The van der Waals surface area contributed by atoms with Crippen molar-refractivity contribution in [2.24, 2.45) is 0 Å². The molecule has 102 valence electrons. The molecule has 4 rings (SSSR count). The van der Waals surface area contributed by atoms with E-state index in [1.165, 1.54) is 11.3 Å². The van der Waals surface area contributed by atoms with E-state index in [2.05, 4.69) is 21.2 Å². The molecule has 1 fully saturated rings. The molecule has 1 saturated carbocycles. The molecule has 6 heteroatoms. The second-order valence-corrected chi connectivity index (χ2v) is 5.79. The van der Waals surface area contributed by atoms with Crippen molar-refractivity contribution in [3.63, 3.8) is 0 Å².